The molecule has 2 aromatic carbocycles. The van der Waals surface area contributed by atoms with E-state index in [0.717, 1.165) is 28.5 Å². The zero-order valence-electron chi connectivity index (χ0n) is 22.9. The molecule has 12 heteroatoms. The molecule has 214 valence electrons. The molecule has 0 aliphatic carbocycles. The molecule has 0 bridgehead atoms. The third kappa shape index (κ3) is 5.84. The van der Waals surface area contributed by atoms with Crippen LogP contribution in [0.5, 0.6) is 5.75 Å². The summed E-state index contributed by atoms with van der Waals surface area (Å²) >= 11 is 0. The maximum absolute atomic E-state index is 14.1. The summed E-state index contributed by atoms with van der Waals surface area (Å²) in [5.74, 6) is 0.512. The Morgan fingerprint density at radius 2 is 1.98 bits per heavy atom. The molecule has 1 aliphatic heterocycles. The van der Waals surface area contributed by atoms with Crippen LogP contribution in [-0.4, -0.2) is 61.4 Å². The van der Waals surface area contributed by atoms with Gasteiger partial charge in [0.2, 0.25) is 11.7 Å². The third-order valence-electron chi connectivity index (χ3n) is 7.06. The second-order valence-electron chi connectivity index (χ2n) is 10.1. The largest absolute Gasteiger partial charge is 0.508 e. The Bertz CT molecular complexity index is 1710. The van der Waals surface area contributed by atoms with Crippen LogP contribution >= 0.6 is 0 Å². The summed E-state index contributed by atoms with van der Waals surface area (Å²) in [6, 6.07) is 17.9. The molecular weight excluding hydrogens is 538 g/mol. The molecule has 2 N–H and O–H groups in total. The number of aromatic nitrogens is 5. The Morgan fingerprint density at radius 3 is 2.74 bits per heavy atom. The first kappa shape index (κ1) is 27.1. The van der Waals surface area contributed by atoms with Gasteiger partial charge in [0.15, 0.2) is 5.76 Å². The molecule has 3 aromatic heterocycles. The SMILES string of the molecule is Cc1ccc(-c2nnn(CC(=O)N(c3cnc4ccccc4c3)[C@@H](C(=O)NC[C@H]3CCCO3)c3ccc(O)cc3)n2)o1. The molecule has 2 atom stereocenters. The van der Waals surface area contributed by atoms with E-state index >= 15 is 0 Å². The smallest absolute Gasteiger partial charge is 0.251 e. The zero-order valence-corrected chi connectivity index (χ0v) is 22.9. The van der Waals surface area contributed by atoms with Crippen molar-refractivity contribution in [1.82, 2.24) is 30.5 Å². The first-order valence-corrected chi connectivity index (χ1v) is 13.6. The van der Waals surface area contributed by atoms with E-state index in [1.165, 1.54) is 17.0 Å². The van der Waals surface area contributed by atoms with Crippen molar-refractivity contribution in [2.45, 2.75) is 38.5 Å². The van der Waals surface area contributed by atoms with E-state index in [4.69, 9.17) is 9.15 Å². The number of benzene rings is 2. The molecule has 5 aromatic rings. The van der Waals surface area contributed by atoms with E-state index in [9.17, 15) is 14.7 Å². The number of anilines is 1. The van der Waals surface area contributed by atoms with Crippen molar-refractivity contribution in [3.05, 3.63) is 84.3 Å². The number of ether oxygens (including phenoxy) is 1. The number of hydrogen-bond acceptors (Lipinski definition) is 9. The summed E-state index contributed by atoms with van der Waals surface area (Å²) in [6.45, 7) is 2.45. The number of para-hydroxylation sites is 1. The number of tetrazole rings is 1. The molecule has 0 spiro atoms. The molecule has 0 radical (unpaired) electrons. The van der Waals surface area contributed by atoms with Gasteiger partial charge in [0.25, 0.3) is 5.91 Å². The maximum atomic E-state index is 14.1. The third-order valence-corrected chi connectivity index (χ3v) is 7.06. The fraction of sp³-hybridized carbons (Fsp3) is 0.267. The van der Waals surface area contributed by atoms with Crippen LogP contribution in [-0.2, 0) is 20.9 Å². The highest BCUT2D eigenvalue weighted by Gasteiger charge is 2.34. The van der Waals surface area contributed by atoms with Gasteiger partial charge in [-0.3, -0.25) is 19.5 Å². The van der Waals surface area contributed by atoms with E-state index in [0.29, 0.717) is 35.9 Å². The average molecular weight is 568 g/mol. The van der Waals surface area contributed by atoms with Crippen LogP contribution < -0.4 is 10.2 Å². The van der Waals surface area contributed by atoms with E-state index in [1.54, 1.807) is 37.4 Å². The minimum atomic E-state index is -1.10. The highest BCUT2D eigenvalue weighted by atomic mass is 16.5. The van der Waals surface area contributed by atoms with Gasteiger partial charge in [-0.15, -0.1) is 10.2 Å². The fourth-order valence-corrected chi connectivity index (χ4v) is 4.98. The fourth-order valence-electron chi connectivity index (χ4n) is 4.98. The number of nitrogens with one attached hydrogen (secondary N) is 1. The van der Waals surface area contributed by atoms with Gasteiger partial charge < -0.3 is 19.6 Å². The maximum Gasteiger partial charge on any atom is 0.251 e. The molecule has 1 fully saturated rings. The number of rotatable bonds is 9. The van der Waals surface area contributed by atoms with E-state index in [2.05, 4.69) is 25.7 Å². The Labute approximate surface area is 240 Å². The first-order chi connectivity index (χ1) is 20.4. The lowest BCUT2D eigenvalue weighted by Gasteiger charge is -2.31. The minimum Gasteiger partial charge on any atom is -0.508 e. The summed E-state index contributed by atoms with van der Waals surface area (Å²) in [5.41, 5.74) is 1.65. The van der Waals surface area contributed by atoms with Crippen molar-refractivity contribution >= 4 is 28.4 Å². The number of nitrogens with zero attached hydrogens (tertiary/aromatic N) is 6. The van der Waals surface area contributed by atoms with Crippen LogP contribution in [0.4, 0.5) is 5.69 Å². The number of amides is 2. The number of pyridine rings is 1. The number of aromatic hydroxyl groups is 1. The number of phenols is 1. The molecule has 2 amide bonds. The topological polar surface area (TPSA) is 148 Å². The van der Waals surface area contributed by atoms with Gasteiger partial charge in [0.1, 0.15) is 24.1 Å². The van der Waals surface area contributed by atoms with Crippen LogP contribution in [0, 0.1) is 6.92 Å². The predicted molar refractivity (Wildman–Crippen MR) is 152 cm³/mol. The Morgan fingerprint density at radius 1 is 1.14 bits per heavy atom. The second kappa shape index (κ2) is 11.8. The Kier molecular flexibility index (Phi) is 7.60. The number of carbonyl (C=O) groups is 2. The molecule has 1 saturated heterocycles. The highest BCUT2D eigenvalue weighted by Crippen LogP contribution is 2.31. The zero-order chi connectivity index (χ0) is 29.1. The molecule has 1 aliphatic rings. The van der Waals surface area contributed by atoms with Gasteiger partial charge in [-0.1, -0.05) is 30.3 Å². The molecule has 12 nitrogen and oxygen atoms in total. The lowest BCUT2D eigenvalue weighted by Crippen LogP contribution is -2.46. The highest BCUT2D eigenvalue weighted by molar-refractivity contribution is 6.02. The van der Waals surface area contributed by atoms with Gasteiger partial charge in [-0.25, -0.2) is 0 Å². The van der Waals surface area contributed by atoms with Crippen LogP contribution in [0.3, 0.4) is 0 Å². The van der Waals surface area contributed by atoms with E-state index < -0.39 is 17.9 Å². The van der Waals surface area contributed by atoms with Crippen molar-refractivity contribution in [1.29, 1.82) is 0 Å². The summed E-state index contributed by atoms with van der Waals surface area (Å²) in [4.78, 5) is 35.1. The number of hydrogen-bond donors (Lipinski definition) is 2. The molecular formula is C30H29N7O5. The standard InChI is InChI=1S/C30H29N7O5/c1-19-8-13-26(42-19)29-33-35-36(34-29)18-27(39)37(22-15-21-5-2-3-7-25(21)31-16-22)28(20-9-11-23(38)12-10-20)30(40)32-17-24-6-4-14-41-24/h2-3,5,7-13,15-16,24,28,38H,4,6,14,17-18H2,1H3,(H,32,40)/t24-,28-/m1/s1. The second-order valence-corrected chi connectivity index (χ2v) is 10.1. The normalized spacial score (nSPS) is 15.5. The summed E-state index contributed by atoms with van der Waals surface area (Å²) in [6.07, 6.45) is 3.24. The molecule has 0 saturated carbocycles. The lowest BCUT2D eigenvalue weighted by atomic mass is 10.0. The predicted octanol–water partition coefficient (Wildman–Crippen LogP) is 3.57. The number of phenolic OH excluding ortho intramolecular Hbond substituents is 1. The molecule has 42 heavy (non-hydrogen) atoms. The van der Waals surface area contributed by atoms with Gasteiger partial charge in [0, 0.05) is 18.5 Å². The van der Waals surface area contributed by atoms with Crippen LogP contribution in [0.1, 0.15) is 30.2 Å². The van der Waals surface area contributed by atoms with Crippen molar-refractivity contribution in [3.63, 3.8) is 0 Å². The van der Waals surface area contributed by atoms with Gasteiger partial charge in [0.05, 0.1) is 23.5 Å². The monoisotopic (exact) mass is 567 g/mol. The van der Waals surface area contributed by atoms with Crippen LogP contribution in [0.2, 0.25) is 0 Å². The molecule has 6 rings (SSSR count). The summed E-state index contributed by atoms with van der Waals surface area (Å²) in [5, 5.41) is 26.1. The van der Waals surface area contributed by atoms with Crippen LogP contribution in [0.25, 0.3) is 22.5 Å². The quantitative estimate of drug-likeness (QED) is 0.273. The Hall–Kier alpha value is -5.10. The number of aryl methyl sites for hydroxylation is 1. The number of fused-ring (bicyclic) bond motifs is 1. The minimum absolute atomic E-state index is 0.0371. The van der Waals surface area contributed by atoms with Gasteiger partial charge >= 0.3 is 0 Å². The van der Waals surface area contributed by atoms with Crippen molar-refractivity contribution in [3.8, 4) is 17.3 Å². The van der Waals surface area contributed by atoms with E-state index in [1.807, 2.05) is 30.3 Å². The van der Waals surface area contributed by atoms with Crippen LogP contribution in [0.15, 0.2) is 77.3 Å². The molecule has 0 unspecified atom stereocenters. The molecule has 4 heterocycles. The Balaban J connectivity index is 1.38. The number of carbonyl (C=O) groups excluding carboxylic acids is 2. The number of furan rings is 1. The van der Waals surface area contributed by atoms with Gasteiger partial charge in [-0.2, -0.15) is 4.80 Å². The van der Waals surface area contributed by atoms with E-state index in [-0.39, 0.29) is 24.2 Å². The summed E-state index contributed by atoms with van der Waals surface area (Å²) in [7, 11) is 0. The lowest BCUT2D eigenvalue weighted by molar-refractivity contribution is -0.127. The summed E-state index contributed by atoms with van der Waals surface area (Å²) < 4.78 is 11.3. The van der Waals surface area contributed by atoms with Crippen molar-refractivity contribution < 1.29 is 23.8 Å². The van der Waals surface area contributed by atoms with Gasteiger partial charge in [-0.05, 0) is 66.9 Å². The first-order valence-electron chi connectivity index (χ1n) is 13.6. The van der Waals surface area contributed by atoms with Crippen molar-refractivity contribution in [2.24, 2.45) is 0 Å². The average Bonchev–Trinajstić information content (AvgIpc) is 3.78. The van der Waals surface area contributed by atoms with Crippen molar-refractivity contribution in [2.75, 3.05) is 18.1 Å².